The monoisotopic (exact) mass is 325 g/mol. The van der Waals surface area contributed by atoms with E-state index in [0.717, 1.165) is 27.5 Å². The van der Waals surface area contributed by atoms with E-state index in [1.807, 2.05) is 28.4 Å². The summed E-state index contributed by atoms with van der Waals surface area (Å²) >= 11 is 1.52. The molecular formula is C15H11N5O2S. The molecule has 114 valence electrons. The van der Waals surface area contributed by atoms with Crippen molar-refractivity contribution in [3.8, 4) is 16.3 Å². The van der Waals surface area contributed by atoms with Crippen molar-refractivity contribution >= 4 is 22.7 Å². The molecule has 0 unspecified atom stereocenters. The van der Waals surface area contributed by atoms with E-state index in [9.17, 15) is 10.1 Å². The van der Waals surface area contributed by atoms with Gasteiger partial charge in [-0.2, -0.15) is 0 Å². The highest BCUT2D eigenvalue weighted by Gasteiger charge is 2.15. The van der Waals surface area contributed by atoms with Gasteiger partial charge in [-0.3, -0.25) is 19.8 Å². The summed E-state index contributed by atoms with van der Waals surface area (Å²) in [7, 11) is 0. The lowest BCUT2D eigenvalue weighted by molar-refractivity contribution is -0.384. The number of nitro benzene ring substituents is 1. The largest absolute Gasteiger partial charge is 0.271 e. The number of aromatic nitrogens is 4. The van der Waals surface area contributed by atoms with E-state index in [0.29, 0.717) is 0 Å². The van der Waals surface area contributed by atoms with Crippen molar-refractivity contribution in [2.75, 3.05) is 0 Å². The number of hydrogen-bond acceptors (Lipinski definition) is 5. The molecule has 1 aromatic carbocycles. The van der Waals surface area contributed by atoms with Crippen LogP contribution in [0.4, 0.5) is 5.69 Å². The van der Waals surface area contributed by atoms with Gasteiger partial charge in [0.25, 0.3) is 5.69 Å². The molecule has 3 heterocycles. The van der Waals surface area contributed by atoms with Crippen LogP contribution >= 0.6 is 11.3 Å². The lowest BCUT2D eigenvalue weighted by Gasteiger charge is -2.10. The maximum absolute atomic E-state index is 11.1. The van der Waals surface area contributed by atoms with Gasteiger partial charge in [0.05, 0.1) is 27.2 Å². The standard InChI is InChI=1S/C15H11N5O2S/c1-10-2-3-11(20(21)22)6-12(10)18-5-4-15-17-7-13(19(15)18)14-8-16-9-23-14/h2-9H,1H3. The van der Waals surface area contributed by atoms with Crippen LogP contribution in [0.5, 0.6) is 0 Å². The van der Waals surface area contributed by atoms with Gasteiger partial charge in [-0.1, -0.05) is 6.07 Å². The first kappa shape index (κ1) is 13.6. The van der Waals surface area contributed by atoms with E-state index in [1.54, 1.807) is 30.0 Å². The van der Waals surface area contributed by atoms with Gasteiger partial charge in [-0.25, -0.2) is 9.50 Å². The number of nitrogens with zero attached hydrogens (tertiary/aromatic N) is 5. The molecule has 0 aliphatic heterocycles. The van der Waals surface area contributed by atoms with Crippen molar-refractivity contribution in [3.63, 3.8) is 0 Å². The van der Waals surface area contributed by atoms with Crippen LogP contribution < -0.4 is 0 Å². The van der Waals surface area contributed by atoms with Gasteiger partial charge >= 0.3 is 0 Å². The van der Waals surface area contributed by atoms with Crippen molar-refractivity contribution in [1.29, 1.82) is 0 Å². The molecule has 0 bridgehead atoms. The zero-order valence-electron chi connectivity index (χ0n) is 12.1. The highest BCUT2D eigenvalue weighted by Crippen LogP contribution is 2.27. The molecule has 0 radical (unpaired) electrons. The topological polar surface area (TPSA) is 78.3 Å². The molecule has 0 aliphatic rings. The van der Waals surface area contributed by atoms with Gasteiger partial charge in [0.1, 0.15) is 5.69 Å². The quantitative estimate of drug-likeness (QED) is 0.427. The Morgan fingerprint density at radius 1 is 1.26 bits per heavy atom. The van der Waals surface area contributed by atoms with Gasteiger partial charge in [0.15, 0.2) is 5.65 Å². The second-order valence-corrected chi connectivity index (χ2v) is 5.95. The zero-order chi connectivity index (χ0) is 16.0. The van der Waals surface area contributed by atoms with E-state index in [1.165, 1.54) is 17.4 Å². The molecule has 0 aliphatic carbocycles. The van der Waals surface area contributed by atoms with Crippen LogP contribution in [0.15, 0.2) is 48.4 Å². The molecular weight excluding hydrogens is 314 g/mol. The first-order valence-corrected chi connectivity index (χ1v) is 7.72. The summed E-state index contributed by atoms with van der Waals surface area (Å²) in [4.78, 5) is 20.2. The normalized spacial score (nSPS) is 11.2. The molecule has 3 aromatic heterocycles. The van der Waals surface area contributed by atoms with Crippen LogP contribution in [-0.4, -0.2) is 24.1 Å². The Kier molecular flexibility index (Phi) is 2.98. The minimum atomic E-state index is -0.387. The van der Waals surface area contributed by atoms with Crippen LogP contribution in [0, 0.1) is 17.0 Å². The fourth-order valence-corrected chi connectivity index (χ4v) is 3.18. The van der Waals surface area contributed by atoms with E-state index in [-0.39, 0.29) is 10.6 Å². The highest BCUT2D eigenvalue weighted by atomic mass is 32.1. The van der Waals surface area contributed by atoms with E-state index in [2.05, 4.69) is 9.97 Å². The number of nitro groups is 1. The fourth-order valence-electron chi connectivity index (χ4n) is 2.56. The molecule has 0 atom stereocenters. The molecule has 0 amide bonds. The van der Waals surface area contributed by atoms with Crippen LogP contribution in [0.25, 0.3) is 21.9 Å². The van der Waals surface area contributed by atoms with Gasteiger partial charge in [0, 0.05) is 30.6 Å². The number of non-ortho nitro benzene ring substituents is 1. The maximum atomic E-state index is 11.1. The highest BCUT2D eigenvalue weighted by molar-refractivity contribution is 7.13. The lowest BCUT2D eigenvalue weighted by Crippen LogP contribution is -2.05. The summed E-state index contributed by atoms with van der Waals surface area (Å²) < 4.78 is 3.80. The first-order valence-electron chi connectivity index (χ1n) is 6.84. The van der Waals surface area contributed by atoms with Crippen LogP contribution in [0.2, 0.25) is 0 Å². The minimum Gasteiger partial charge on any atom is -0.258 e. The maximum Gasteiger partial charge on any atom is 0.271 e. The second kappa shape index (κ2) is 5.03. The summed E-state index contributed by atoms with van der Waals surface area (Å²) in [6, 6.07) is 6.72. The molecule has 23 heavy (non-hydrogen) atoms. The second-order valence-electron chi connectivity index (χ2n) is 5.07. The van der Waals surface area contributed by atoms with Gasteiger partial charge in [-0.15, -0.1) is 11.3 Å². The Morgan fingerprint density at radius 3 is 2.87 bits per heavy atom. The van der Waals surface area contributed by atoms with Crippen molar-refractivity contribution in [2.24, 2.45) is 0 Å². The fraction of sp³-hybridized carbons (Fsp3) is 0.0667. The average Bonchev–Trinajstić information content (AvgIpc) is 3.24. The summed E-state index contributed by atoms with van der Waals surface area (Å²) in [5.74, 6) is 0. The number of fused-ring (bicyclic) bond motifs is 1. The summed E-state index contributed by atoms with van der Waals surface area (Å²) in [5.41, 5.74) is 5.19. The predicted molar refractivity (Wildman–Crippen MR) is 87.0 cm³/mol. The third kappa shape index (κ3) is 2.11. The molecule has 0 saturated heterocycles. The summed E-state index contributed by atoms with van der Waals surface area (Å²) in [6.45, 7) is 1.92. The molecule has 0 saturated carbocycles. The van der Waals surface area contributed by atoms with E-state index in [4.69, 9.17) is 0 Å². The van der Waals surface area contributed by atoms with Gasteiger partial charge in [-0.05, 0) is 12.5 Å². The number of benzene rings is 1. The Labute approximate surface area is 134 Å². The lowest BCUT2D eigenvalue weighted by atomic mass is 10.2. The molecule has 8 heteroatoms. The third-order valence-electron chi connectivity index (χ3n) is 3.68. The van der Waals surface area contributed by atoms with Crippen LogP contribution in [0.1, 0.15) is 5.56 Å². The minimum absolute atomic E-state index is 0.0619. The molecule has 4 aromatic rings. The molecule has 0 fully saturated rings. The number of aryl methyl sites for hydroxylation is 1. The zero-order valence-corrected chi connectivity index (χ0v) is 12.9. The number of imidazole rings is 1. The SMILES string of the molecule is Cc1ccc([N+](=O)[O-])cc1-n1ccc2ncc(-c3cncs3)n21. The molecule has 7 nitrogen and oxygen atoms in total. The van der Waals surface area contributed by atoms with Crippen molar-refractivity contribution < 1.29 is 4.92 Å². The smallest absolute Gasteiger partial charge is 0.258 e. The number of rotatable bonds is 3. The number of hydrogen-bond donors (Lipinski definition) is 0. The first-order chi connectivity index (χ1) is 11.1. The molecule has 0 spiro atoms. The van der Waals surface area contributed by atoms with E-state index < -0.39 is 0 Å². The Hall–Kier alpha value is -3.00. The van der Waals surface area contributed by atoms with Crippen molar-refractivity contribution in [1.82, 2.24) is 19.2 Å². The Bertz CT molecular complexity index is 1020. The van der Waals surface area contributed by atoms with Gasteiger partial charge < -0.3 is 0 Å². The average molecular weight is 325 g/mol. The summed E-state index contributed by atoms with van der Waals surface area (Å²) in [5, 5.41) is 11.1. The number of thiazole rings is 1. The Balaban J connectivity index is 1.98. The van der Waals surface area contributed by atoms with Crippen LogP contribution in [-0.2, 0) is 0 Å². The molecule has 0 N–H and O–H groups in total. The predicted octanol–water partition coefficient (Wildman–Crippen LogP) is 3.47. The van der Waals surface area contributed by atoms with E-state index >= 15 is 0 Å². The van der Waals surface area contributed by atoms with Crippen molar-refractivity contribution in [3.05, 3.63) is 64.0 Å². The van der Waals surface area contributed by atoms with Crippen LogP contribution in [0.3, 0.4) is 0 Å². The Morgan fingerprint density at radius 2 is 2.13 bits per heavy atom. The van der Waals surface area contributed by atoms with Gasteiger partial charge in [0.2, 0.25) is 0 Å². The van der Waals surface area contributed by atoms with Crippen molar-refractivity contribution in [2.45, 2.75) is 6.92 Å². The third-order valence-corrected chi connectivity index (χ3v) is 4.48. The molecule has 4 rings (SSSR count). The summed E-state index contributed by atoms with van der Waals surface area (Å²) in [6.07, 6.45) is 5.43.